The van der Waals surface area contributed by atoms with Gasteiger partial charge in [-0.1, -0.05) is 87.5 Å². The highest BCUT2D eigenvalue weighted by atomic mass is 32.2. The SMILES string of the molecule is Cc1ncsc1-c1ccc(CNC(=O)[C@@H]2C[C@@H](O)CN2C(=O)[C@@H](NC(=O)COCCOCCOCCNC(=O)c2ccc(COC[C@H](NC(=O)c3ccn(S(C)(=O)=O)c3)C(=O)Nc3nc(-c4ccccc4)cs3)cc2)C(C)(C)C)cc1. The summed E-state index contributed by atoms with van der Waals surface area (Å²) in [6.45, 7) is 8.11. The molecular formula is C56H67N9O13S3. The molecule has 22 nitrogen and oxygen atoms in total. The molecule has 81 heavy (non-hydrogen) atoms. The van der Waals surface area contributed by atoms with Gasteiger partial charge >= 0.3 is 0 Å². The third-order valence-corrected chi connectivity index (χ3v) is 15.5. The number of aliphatic hydroxyl groups excluding tert-OH is 1. The van der Waals surface area contributed by atoms with Crippen molar-refractivity contribution in [2.75, 3.05) is 70.9 Å². The van der Waals surface area contributed by atoms with Gasteiger partial charge < -0.3 is 55.5 Å². The third-order valence-electron chi connectivity index (χ3n) is 12.7. The molecule has 0 aliphatic carbocycles. The maximum atomic E-state index is 14.0. The molecule has 1 aliphatic rings. The molecule has 1 fully saturated rings. The molecule has 0 unspecified atom stereocenters. The Morgan fingerprint density at radius 2 is 1.48 bits per heavy atom. The van der Waals surface area contributed by atoms with Crippen LogP contribution < -0.4 is 26.6 Å². The van der Waals surface area contributed by atoms with E-state index in [0.717, 1.165) is 43.7 Å². The fourth-order valence-electron chi connectivity index (χ4n) is 8.38. The summed E-state index contributed by atoms with van der Waals surface area (Å²) in [7, 11) is -3.64. The molecule has 0 saturated carbocycles. The standard InChI is InChI=1S/C56H67N9O13S3/c1-36-48(80-35-59-36)40-15-11-37(12-16-40)28-58-53(71)46-27-43(66)30-65(46)54(72)49(56(2,3)4)62-47(67)33-77-26-25-76-24-23-75-22-20-57-50(68)41-17-13-38(14-18-41)31-78-32-44(60-51(69)42-19-21-64(29-42)81(5,73)74)52(70)63-55-61-45(34-79-55)39-9-7-6-8-10-39/h6-19,21,29,34-35,43-44,46,49,66H,20,22-28,30-33H2,1-5H3,(H,57,68)(H,58,71)(H,60,69)(H,62,67)(H,61,63,70)/t43-,44+,46+,49-/m1/s1. The third kappa shape index (κ3) is 18.1. The van der Waals surface area contributed by atoms with Crippen molar-refractivity contribution in [1.82, 2.24) is 40.1 Å². The molecule has 0 radical (unpaired) electrons. The first-order valence-corrected chi connectivity index (χ1v) is 29.6. The quantitative estimate of drug-likeness (QED) is 0.0372. The van der Waals surface area contributed by atoms with E-state index in [0.29, 0.717) is 22.0 Å². The van der Waals surface area contributed by atoms with E-state index >= 15 is 0 Å². The first kappa shape index (κ1) is 61.4. The highest BCUT2D eigenvalue weighted by Crippen LogP contribution is 2.29. The van der Waals surface area contributed by atoms with Crippen molar-refractivity contribution in [3.8, 4) is 21.7 Å². The Hall–Kier alpha value is -7.23. The first-order valence-electron chi connectivity index (χ1n) is 26.0. The van der Waals surface area contributed by atoms with Gasteiger partial charge in [-0.25, -0.2) is 18.4 Å². The number of rotatable bonds is 28. The van der Waals surface area contributed by atoms with E-state index in [1.54, 1.807) is 67.3 Å². The number of hydrogen-bond donors (Lipinski definition) is 6. The van der Waals surface area contributed by atoms with Crippen molar-refractivity contribution in [1.29, 1.82) is 0 Å². The molecule has 4 atom stereocenters. The predicted molar refractivity (Wildman–Crippen MR) is 305 cm³/mol. The zero-order chi connectivity index (χ0) is 58.1. The Morgan fingerprint density at radius 1 is 0.790 bits per heavy atom. The minimum absolute atomic E-state index is 0.0235. The molecule has 0 spiro atoms. The lowest BCUT2D eigenvalue weighted by atomic mass is 9.85. The second-order valence-corrected chi connectivity index (χ2v) is 23.7. The molecule has 3 aromatic heterocycles. The van der Waals surface area contributed by atoms with Crippen LogP contribution >= 0.6 is 22.7 Å². The normalized spacial score (nSPS) is 15.2. The van der Waals surface area contributed by atoms with Gasteiger partial charge in [0, 0.05) is 55.0 Å². The van der Waals surface area contributed by atoms with Crippen LogP contribution in [0.25, 0.3) is 21.7 Å². The summed E-state index contributed by atoms with van der Waals surface area (Å²) < 4.78 is 47.4. The van der Waals surface area contributed by atoms with Gasteiger partial charge in [0.1, 0.15) is 24.7 Å². The van der Waals surface area contributed by atoms with Crippen LogP contribution in [-0.4, -0.2) is 158 Å². The molecular weight excluding hydrogens is 1100 g/mol. The number of aliphatic hydroxyl groups is 1. The van der Waals surface area contributed by atoms with Crippen molar-refractivity contribution in [3.63, 3.8) is 0 Å². The van der Waals surface area contributed by atoms with E-state index in [-0.39, 0.29) is 90.4 Å². The van der Waals surface area contributed by atoms with Crippen molar-refractivity contribution >= 4 is 73.3 Å². The van der Waals surface area contributed by atoms with Crippen molar-refractivity contribution < 1.29 is 61.2 Å². The number of thiazole rings is 2. The molecule has 3 aromatic carbocycles. The molecule has 4 heterocycles. The van der Waals surface area contributed by atoms with Gasteiger partial charge in [0.2, 0.25) is 27.7 Å². The number of hydrogen-bond acceptors (Lipinski definition) is 17. The van der Waals surface area contributed by atoms with Gasteiger partial charge in [-0.15, -0.1) is 22.7 Å². The van der Waals surface area contributed by atoms with Crippen LogP contribution in [0.4, 0.5) is 5.13 Å². The fraction of sp³-hybridized carbons (Fsp3) is 0.393. The Bertz CT molecular complexity index is 3200. The van der Waals surface area contributed by atoms with Crippen LogP contribution in [0.3, 0.4) is 0 Å². The number of aryl methyl sites for hydroxylation is 1. The summed E-state index contributed by atoms with van der Waals surface area (Å²) in [4.78, 5) is 91.2. The fourth-order valence-corrected chi connectivity index (χ4v) is 10.5. The Morgan fingerprint density at radius 3 is 2.15 bits per heavy atom. The van der Waals surface area contributed by atoms with Crippen molar-refractivity contribution in [3.05, 3.63) is 136 Å². The van der Waals surface area contributed by atoms with E-state index in [1.807, 2.05) is 61.5 Å². The van der Waals surface area contributed by atoms with Crippen molar-refractivity contribution in [2.24, 2.45) is 5.41 Å². The Labute approximate surface area is 478 Å². The van der Waals surface area contributed by atoms with E-state index in [2.05, 4.69) is 36.6 Å². The van der Waals surface area contributed by atoms with E-state index in [9.17, 15) is 42.3 Å². The van der Waals surface area contributed by atoms with Crippen LogP contribution in [-0.2, 0) is 61.3 Å². The highest BCUT2D eigenvalue weighted by molar-refractivity contribution is 7.89. The average Bonchev–Trinajstić information content (AvgIpc) is 4.29. The molecule has 432 valence electrons. The Balaban J connectivity index is 0.760. The summed E-state index contributed by atoms with van der Waals surface area (Å²) in [5.74, 6) is -3.03. The second kappa shape index (κ2) is 29.0. The van der Waals surface area contributed by atoms with Gasteiger partial charge in [-0.05, 0) is 47.2 Å². The van der Waals surface area contributed by atoms with E-state index in [1.165, 1.54) is 28.5 Å². The number of carbonyl (C=O) groups is 6. The summed E-state index contributed by atoms with van der Waals surface area (Å²) in [6, 6.07) is 22.0. The minimum atomic E-state index is -3.64. The van der Waals surface area contributed by atoms with Crippen LogP contribution in [0.1, 0.15) is 64.7 Å². The largest absolute Gasteiger partial charge is 0.391 e. The maximum Gasteiger partial charge on any atom is 0.253 e. The molecule has 25 heteroatoms. The molecule has 7 rings (SSSR count). The van der Waals surface area contributed by atoms with E-state index in [4.69, 9.17) is 18.9 Å². The number of aromatic nitrogens is 3. The zero-order valence-corrected chi connectivity index (χ0v) is 48.0. The van der Waals surface area contributed by atoms with Crippen LogP contribution in [0.5, 0.6) is 0 Å². The maximum absolute atomic E-state index is 14.0. The number of nitrogens with zero attached hydrogens (tertiary/aromatic N) is 4. The molecule has 6 amide bonds. The van der Waals surface area contributed by atoms with Gasteiger partial charge in [0.25, 0.3) is 17.7 Å². The molecule has 0 bridgehead atoms. The number of anilines is 1. The van der Waals surface area contributed by atoms with E-state index < -0.39 is 69.2 Å². The molecule has 1 saturated heterocycles. The second-order valence-electron chi connectivity index (χ2n) is 20.1. The number of carbonyl (C=O) groups excluding carboxylic acids is 6. The summed E-state index contributed by atoms with van der Waals surface area (Å²) >= 11 is 2.77. The van der Waals surface area contributed by atoms with Crippen LogP contribution in [0.15, 0.2) is 108 Å². The average molecular weight is 1170 g/mol. The van der Waals surface area contributed by atoms with Gasteiger partial charge in [0.05, 0.1) is 85.9 Å². The highest BCUT2D eigenvalue weighted by Gasteiger charge is 2.44. The van der Waals surface area contributed by atoms with Crippen LogP contribution in [0, 0.1) is 12.3 Å². The number of likely N-dealkylation sites (tertiary alicyclic amines) is 1. The lowest BCUT2D eigenvalue weighted by Gasteiger charge is -2.35. The summed E-state index contributed by atoms with van der Waals surface area (Å²) in [6.07, 6.45) is 2.54. The summed E-state index contributed by atoms with van der Waals surface area (Å²) in [5.41, 5.74) is 6.52. The number of ether oxygens (including phenoxy) is 4. The topological polar surface area (TPSA) is 288 Å². The minimum Gasteiger partial charge on any atom is -0.391 e. The predicted octanol–water partition coefficient (Wildman–Crippen LogP) is 4.39. The smallest absolute Gasteiger partial charge is 0.253 e. The van der Waals surface area contributed by atoms with Crippen molar-refractivity contribution in [2.45, 2.75) is 71.5 Å². The van der Waals surface area contributed by atoms with Crippen LogP contribution in [0.2, 0.25) is 0 Å². The lowest BCUT2D eigenvalue weighted by molar-refractivity contribution is -0.144. The van der Waals surface area contributed by atoms with Gasteiger partial charge in [-0.2, -0.15) is 0 Å². The van der Waals surface area contributed by atoms with Gasteiger partial charge in [-0.3, -0.25) is 32.7 Å². The molecule has 6 aromatic rings. The Kier molecular flexibility index (Phi) is 21.9. The monoisotopic (exact) mass is 1170 g/mol. The number of β-amino-alcohol motifs (C(OH)–C–C–N with tert-alkyl or cyclic N) is 1. The lowest BCUT2D eigenvalue weighted by Crippen LogP contribution is -2.58. The first-order chi connectivity index (χ1) is 38.7. The molecule has 1 aliphatic heterocycles. The van der Waals surface area contributed by atoms with Gasteiger partial charge in [0.15, 0.2) is 5.13 Å². The number of benzene rings is 3. The molecule has 6 N–H and O–H groups in total. The summed E-state index contributed by atoms with van der Waals surface area (Å²) in [5, 5.41) is 26.5. The number of amides is 6. The zero-order valence-electron chi connectivity index (χ0n) is 45.5. The number of nitrogens with one attached hydrogen (secondary N) is 5.